The maximum absolute atomic E-state index is 6.05. The third-order valence-corrected chi connectivity index (χ3v) is 4.12. The lowest BCUT2D eigenvalue weighted by Crippen LogP contribution is -2.11. The molecule has 0 spiro atoms. The fourth-order valence-corrected chi connectivity index (χ4v) is 2.82. The average Bonchev–Trinajstić information content (AvgIpc) is 3.07. The molecule has 2 N–H and O–H groups in total. The van der Waals surface area contributed by atoms with Gasteiger partial charge in [0, 0.05) is 19.6 Å². The highest BCUT2D eigenvalue weighted by atomic mass is 16.5. The van der Waals surface area contributed by atoms with E-state index in [1.165, 1.54) is 25.7 Å². The number of rotatable bonds is 7. The van der Waals surface area contributed by atoms with E-state index in [1.807, 2.05) is 0 Å². The van der Waals surface area contributed by atoms with E-state index in [1.54, 1.807) is 7.11 Å². The van der Waals surface area contributed by atoms with Crippen molar-refractivity contribution in [2.45, 2.75) is 57.4 Å². The van der Waals surface area contributed by atoms with E-state index >= 15 is 0 Å². The zero-order valence-corrected chi connectivity index (χ0v) is 12.0. The predicted molar refractivity (Wildman–Crippen MR) is 72.7 cm³/mol. The van der Waals surface area contributed by atoms with Crippen molar-refractivity contribution in [2.75, 3.05) is 13.7 Å². The summed E-state index contributed by atoms with van der Waals surface area (Å²) >= 11 is 0. The Balaban J connectivity index is 1.88. The molecule has 5 heteroatoms. The van der Waals surface area contributed by atoms with Crippen LogP contribution < -0.4 is 5.73 Å². The van der Waals surface area contributed by atoms with Crippen LogP contribution in [0.3, 0.4) is 0 Å². The summed E-state index contributed by atoms with van der Waals surface area (Å²) in [6.07, 6.45) is 6.63. The molecule has 0 amide bonds. The minimum absolute atomic E-state index is 0.167. The molecular weight excluding hydrogens is 242 g/mol. The highest BCUT2D eigenvalue weighted by molar-refractivity contribution is 5.01. The molecule has 1 aliphatic rings. The number of nitrogens with two attached hydrogens (primary N) is 1. The zero-order chi connectivity index (χ0) is 13.7. The zero-order valence-electron chi connectivity index (χ0n) is 12.0. The Morgan fingerprint density at radius 1 is 1.47 bits per heavy atom. The second-order valence-corrected chi connectivity index (χ2v) is 5.52. The van der Waals surface area contributed by atoms with Gasteiger partial charge in [0.1, 0.15) is 0 Å². The van der Waals surface area contributed by atoms with Gasteiger partial charge in [0.2, 0.25) is 5.89 Å². The number of hydrogen-bond donors (Lipinski definition) is 1. The summed E-state index contributed by atoms with van der Waals surface area (Å²) in [4.78, 5) is 4.50. The quantitative estimate of drug-likeness (QED) is 0.769. The molecule has 1 aliphatic carbocycles. The molecule has 1 aromatic rings. The summed E-state index contributed by atoms with van der Waals surface area (Å²) in [6, 6.07) is -0.167. The van der Waals surface area contributed by atoms with Crippen LogP contribution in [0.1, 0.15) is 69.1 Å². The first-order valence-electron chi connectivity index (χ1n) is 7.32. The summed E-state index contributed by atoms with van der Waals surface area (Å²) in [7, 11) is 1.70. The van der Waals surface area contributed by atoms with Gasteiger partial charge in [-0.3, -0.25) is 0 Å². The SMILES string of the molecule is CCC1CCC(c2noc(C(N)CCCOC)n2)C1. The van der Waals surface area contributed by atoms with Gasteiger partial charge in [0.25, 0.3) is 0 Å². The molecule has 108 valence electrons. The summed E-state index contributed by atoms with van der Waals surface area (Å²) in [5.74, 6) is 2.72. The minimum Gasteiger partial charge on any atom is -0.385 e. The van der Waals surface area contributed by atoms with Crippen molar-refractivity contribution in [3.63, 3.8) is 0 Å². The van der Waals surface area contributed by atoms with Crippen molar-refractivity contribution in [3.8, 4) is 0 Å². The second kappa shape index (κ2) is 7.01. The van der Waals surface area contributed by atoms with E-state index in [2.05, 4.69) is 17.1 Å². The molecule has 19 heavy (non-hydrogen) atoms. The summed E-state index contributed by atoms with van der Waals surface area (Å²) in [5.41, 5.74) is 6.05. The molecule has 5 nitrogen and oxygen atoms in total. The van der Waals surface area contributed by atoms with Gasteiger partial charge in [-0.25, -0.2) is 0 Å². The summed E-state index contributed by atoms with van der Waals surface area (Å²) < 4.78 is 10.3. The Labute approximate surface area is 114 Å². The molecule has 1 heterocycles. The Morgan fingerprint density at radius 3 is 3.00 bits per heavy atom. The van der Waals surface area contributed by atoms with Gasteiger partial charge in [0.15, 0.2) is 5.82 Å². The maximum Gasteiger partial charge on any atom is 0.243 e. The predicted octanol–water partition coefficient (Wildman–Crippen LogP) is 2.79. The second-order valence-electron chi connectivity index (χ2n) is 5.52. The van der Waals surface area contributed by atoms with Gasteiger partial charge in [-0.2, -0.15) is 4.98 Å². The van der Waals surface area contributed by atoms with Gasteiger partial charge in [-0.05, 0) is 38.0 Å². The molecule has 0 aromatic carbocycles. The Bertz CT molecular complexity index is 381. The van der Waals surface area contributed by atoms with E-state index in [9.17, 15) is 0 Å². The number of ether oxygens (including phenoxy) is 1. The van der Waals surface area contributed by atoms with Gasteiger partial charge in [-0.15, -0.1) is 0 Å². The molecule has 1 fully saturated rings. The van der Waals surface area contributed by atoms with Gasteiger partial charge < -0.3 is 15.0 Å². The van der Waals surface area contributed by atoms with Gasteiger partial charge in [0.05, 0.1) is 6.04 Å². The third kappa shape index (κ3) is 3.76. The van der Waals surface area contributed by atoms with Crippen molar-refractivity contribution in [1.82, 2.24) is 10.1 Å². The van der Waals surface area contributed by atoms with Gasteiger partial charge >= 0.3 is 0 Å². The normalized spacial score (nSPS) is 24.8. The van der Waals surface area contributed by atoms with Crippen molar-refractivity contribution in [2.24, 2.45) is 11.7 Å². The van der Waals surface area contributed by atoms with Crippen molar-refractivity contribution >= 4 is 0 Å². The summed E-state index contributed by atoms with van der Waals surface area (Å²) in [5, 5.41) is 4.12. The van der Waals surface area contributed by atoms with Crippen LogP contribution in [0.2, 0.25) is 0 Å². The molecule has 0 aliphatic heterocycles. The molecule has 0 radical (unpaired) electrons. The van der Waals surface area contributed by atoms with E-state index in [-0.39, 0.29) is 6.04 Å². The number of nitrogens with zero attached hydrogens (tertiary/aromatic N) is 2. The first-order chi connectivity index (χ1) is 9.24. The lowest BCUT2D eigenvalue weighted by atomic mass is 10.0. The fraction of sp³-hybridized carbons (Fsp3) is 0.857. The monoisotopic (exact) mass is 267 g/mol. The Hall–Kier alpha value is -0.940. The van der Waals surface area contributed by atoms with Crippen molar-refractivity contribution in [3.05, 3.63) is 11.7 Å². The number of aromatic nitrogens is 2. The van der Waals surface area contributed by atoms with Crippen molar-refractivity contribution in [1.29, 1.82) is 0 Å². The molecule has 3 atom stereocenters. The van der Waals surface area contributed by atoms with Crippen LogP contribution in [0.25, 0.3) is 0 Å². The van der Waals surface area contributed by atoms with Crippen LogP contribution in [0, 0.1) is 5.92 Å². The van der Waals surface area contributed by atoms with Crippen LogP contribution in [0.15, 0.2) is 4.52 Å². The highest BCUT2D eigenvalue weighted by Gasteiger charge is 2.28. The van der Waals surface area contributed by atoms with Crippen LogP contribution in [0.5, 0.6) is 0 Å². The standard InChI is InChI=1S/C14H25N3O2/c1-3-10-6-7-11(9-10)13-16-14(19-17-13)12(15)5-4-8-18-2/h10-12H,3-9,15H2,1-2H3. The molecular formula is C14H25N3O2. The average molecular weight is 267 g/mol. The lowest BCUT2D eigenvalue weighted by Gasteiger charge is -2.06. The first kappa shape index (κ1) is 14.5. The molecule has 0 bridgehead atoms. The lowest BCUT2D eigenvalue weighted by molar-refractivity contribution is 0.188. The van der Waals surface area contributed by atoms with Crippen LogP contribution in [-0.4, -0.2) is 23.9 Å². The molecule has 1 saturated carbocycles. The number of methoxy groups -OCH3 is 1. The topological polar surface area (TPSA) is 74.2 Å². The Kier molecular flexibility index (Phi) is 5.34. The van der Waals surface area contributed by atoms with E-state index < -0.39 is 0 Å². The van der Waals surface area contributed by atoms with Crippen molar-refractivity contribution < 1.29 is 9.26 Å². The minimum atomic E-state index is -0.167. The molecule has 3 unspecified atom stereocenters. The van der Waals surface area contributed by atoms with Gasteiger partial charge in [-0.1, -0.05) is 18.5 Å². The number of hydrogen-bond acceptors (Lipinski definition) is 5. The van der Waals surface area contributed by atoms with Crippen LogP contribution in [-0.2, 0) is 4.74 Å². The molecule has 1 aromatic heterocycles. The maximum atomic E-state index is 6.05. The molecule has 0 saturated heterocycles. The molecule has 2 rings (SSSR count). The van der Waals surface area contributed by atoms with Crippen LogP contribution in [0.4, 0.5) is 0 Å². The highest BCUT2D eigenvalue weighted by Crippen LogP contribution is 2.38. The van der Waals surface area contributed by atoms with E-state index in [0.29, 0.717) is 11.8 Å². The largest absolute Gasteiger partial charge is 0.385 e. The fourth-order valence-electron chi connectivity index (χ4n) is 2.82. The van der Waals surface area contributed by atoms with E-state index in [0.717, 1.165) is 31.2 Å². The Morgan fingerprint density at radius 2 is 2.32 bits per heavy atom. The van der Waals surface area contributed by atoms with Crippen LogP contribution >= 0.6 is 0 Å². The smallest absolute Gasteiger partial charge is 0.243 e. The summed E-state index contributed by atoms with van der Waals surface area (Å²) in [6.45, 7) is 2.97. The van der Waals surface area contributed by atoms with E-state index in [4.69, 9.17) is 15.0 Å². The first-order valence-corrected chi connectivity index (χ1v) is 7.32. The third-order valence-electron chi connectivity index (χ3n) is 4.12.